The summed E-state index contributed by atoms with van der Waals surface area (Å²) in [6, 6.07) is 0.362. The summed E-state index contributed by atoms with van der Waals surface area (Å²) in [5.74, 6) is 0.934. The molecule has 0 aromatic carbocycles. The molecule has 1 unspecified atom stereocenters. The van der Waals surface area contributed by atoms with Crippen LogP contribution in [0.2, 0.25) is 0 Å². The van der Waals surface area contributed by atoms with Gasteiger partial charge >= 0.3 is 0 Å². The molecule has 0 aromatic heterocycles. The summed E-state index contributed by atoms with van der Waals surface area (Å²) in [4.78, 5) is 4.05. The molecule has 0 spiro atoms. The van der Waals surface area contributed by atoms with Crippen molar-refractivity contribution in [1.29, 1.82) is 0 Å². The van der Waals surface area contributed by atoms with Crippen LogP contribution in [0.1, 0.15) is 26.7 Å². The lowest BCUT2D eigenvalue weighted by Gasteiger charge is -2.16. The van der Waals surface area contributed by atoms with Crippen LogP contribution < -0.4 is 10.6 Å². The van der Waals surface area contributed by atoms with E-state index in [1.807, 2.05) is 0 Å². The number of aliphatic imine (C=N–C) groups is 1. The number of nitrogens with zero attached hydrogens (tertiary/aromatic N) is 1. The molecule has 16 heavy (non-hydrogen) atoms. The van der Waals surface area contributed by atoms with Crippen molar-refractivity contribution < 1.29 is 8.42 Å². The summed E-state index contributed by atoms with van der Waals surface area (Å²) in [5.41, 5.74) is 0. The van der Waals surface area contributed by atoms with Crippen molar-refractivity contribution in [2.24, 2.45) is 4.99 Å². The van der Waals surface area contributed by atoms with Gasteiger partial charge in [-0.2, -0.15) is 0 Å². The maximum absolute atomic E-state index is 10.9. The monoisotopic (exact) mass is 249 g/mol. The third-order valence-corrected chi connectivity index (χ3v) is 3.23. The summed E-state index contributed by atoms with van der Waals surface area (Å²) in [6.45, 7) is 4.78. The van der Waals surface area contributed by atoms with E-state index >= 15 is 0 Å². The summed E-state index contributed by atoms with van der Waals surface area (Å²) in [5, 5.41) is 6.29. The second-order valence-electron chi connectivity index (χ2n) is 3.94. The lowest BCUT2D eigenvalue weighted by atomic mass is 10.3. The van der Waals surface area contributed by atoms with Crippen LogP contribution in [0.4, 0.5) is 0 Å². The van der Waals surface area contributed by atoms with E-state index in [0.29, 0.717) is 19.0 Å². The van der Waals surface area contributed by atoms with E-state index in [4.69, 9.17) is 0 Å². The van der Waals surface area contributed by atoms with Gasteiger partial charge in [-0.3, -0.25) is 4.99 Å². The third kappa shape index (κ3) is 8.52. The van der Waals surface area contributed by atoms with Crippen LogP contribution in [-0.2, 0) is 9.84 Å². The van der Waals surface area contributed by atoms with Crippen LogP contribution in [0.5, 0.6) is 0 Å². The van der Waals surface area contributed by atoms with Crippen molar-refractivity contribution >= 4 is 15.8 Å². The van der Waals surface area contributed by atoms with Crippen molar-refractivity contribution in [2.75, 3.05) is 25.6 Å². The molecule has 0 heterocycles. The second kappa shape index (κ2) is 7.49. The fourth-order valence-electron chi connectivity index (χ4n) is 1.07. The Morgan fingerprint density at radius 3 is 2.50 bits per heavy atom. The predicted octanol–water partition coefficient (Wildman–Crippen LogP) is 0.385. The summed E-state index contributed by atoms with van der Waals surface area (Å²) in [7, 11) is -1.15. The quantitative estimate of drug-likeness (QED) is 0.406. The van der Waals surface area contributed by atoms with Gasteiger partial charge in [-0.15, -0.1) is 0 Å². The van der Waals surface area contributed by atoms with Crippen molar-refractivity contribution in [3.8, 4) is 0 Å². The Morgan fingerprint density at radius 2 is 2.06 bits per heavy atom. The average Bonchev–Trinajstić information content (AvgIpc) is 2.20. The molecule has 6 heteroatoms. The molecule has 96 valence electrons. The Kier molecular flexibility index (Phi) is 7.12. The maximum Gasteiger partial charge on any atom is 0.191 e. The third-order valence-electron chi connectivity index (χ3n) is 2.20. The Morgan fingerprint density at radius 1 is 1.44 bits per heavy atom. The van der Waals surface area contributed by atoms with Gasteiger partial charge in [-0.05, 0) is 19.8 Å². The molecule has 5 nitrogen and oxygen atoms in total. The number of hydrogen-bond acceptors (Lipinski definition) is 3. The smallest absolute Gasteiger partial charge is 0.191 e. The highest BCUT2D eigenvalue weighted by atomic mass is 32.2. The molecule has 0 rings (SSSR count). The first-order valence-corrected chi connectivity index (χ1v) is 7.60. The fraction of sp³-hybridized carbons (Fsp3) is 0.900. The zero-order valence-electron chi connectivity index (χ0n) is 10.6. The number of guanidine groups is 1. The van der Waals surface area contributed by atoms with Crippen molar-refractivity contribution in [1.82, 2.24) is 10.6 Å². The Hall–Kier alpha value is -0.780. The standard InChI is InChI=1S/C10H23N3O2S/c1-5-9(2)13-10(11-3)12-7-6-8-16(4,14)15/h9H,5-8H2,1-4H3,(H2,11,12,13). The highest BCUT2D eigenvalue weighted by Gasteiger charge is 2.04. The van der Waals surface area contributed by atoms with Gasteiger partial charge in [0.25, 0.3) is 0 Å². The Balaban J connectivity index is 3.81. The first-order chi connectivity index (χ1) is 7.39. The Labute approximate surface area is 98.6 Å². The van der Waals surface area contributed by atoms with E-state index in [1.165, 1.54) is 6.26 Å². The fourth-order valence-corrected chi connectivity index (χ4v) is 1.74. The van der Waals surface area contributed by atoms with Crippen LogP contribution in [0.3, 0.4) is 0 Å². The van der Waals surface area contributed by atoms with Crippen LogP contribution in [0.15, 0.2) is 4.99 Å². The van der Waals surface area contributed by atoms with E-state index in [2.05, 4.69) is 29.5 Å². The van der Waals surface area contributed by atoms with Gasteiger partial charge in [0.15, 0.2) is 5.96 Å². The molecule has 0 amide bonds. The highest BCUT2D eigenvalue weighted by molar-refractivity contribution is 7.90. The predicted molar refractivity (Wildman–Crippen MR) is 68.6 cm³/mol. The minimum Gasteiger partial charge on any atom is -0.356 e. The number of nitrogens with one attached hydrogen (secondary N) is 2. The molecule has 0 aliphatic carbocycles. The molecule has 0 saturated carbocycles. The molecule has 0 aliphatic rings. The molecule has 0 fully saturated rings. The molecule has 0 saturated heterocycles. The molecular formula is C10H23N3O2S. The lowest BCUT2D eigenvalue weighted by Crippen LogP contribution is -2.42. The van der Waals surface area contributed by atoms with Crippen molar-refractivity contribution in [3.05, 3.63) is 0 Å². The van der Waals surface area contributed by atoms with Crippen LogP contribution >= 0.6 is 0 Å². The number of hydrogen-bond donors (Lipinski definition) is 2. The van der Waals surface area contributed by atoms with Gasteiger partial charge in [-0.25, -0.2) is 8.42 Å². The first-order valence-electron chi connectivity index (χ1n) is 5.54. The summed E-state index contributed by atoms with van der Waals surface area (Å²) in [6.07, 6.45) is 2.86. The zero-order valence-corrected chi connectivity index (χ0v) is 11.4. The van der Waals surface area contributed by atoms with Crippen LogP contribution in [-0.4, -0.2) is 46.0 Å². The molecule has 1 atom stereocenters. The first kappa shape index (κ1) is 15.2. The molecule has 0 bridgehead atoms. The largest absolute Gasteiger partial charge is 0.356 e. The topological polar surface area (TPSA) is 70.6 Å². The SMILES string of the molecule is CCC(C)NC(=NC)NCCCS(C)(=O)=O. The van der Waals surface area contributed by atoms with Gasteiger partial charge in [0.1, 0.15) is 9.84 Å². The number of sulfone groups is 1. The minimum atomic E-state index is -2.86. The van der Waals surface area contributed by atoms with Gasteiger partial charge in [0, 0.05) is 25.9 Å². The normalized spacial score (nSPS) is 14.6. The molecule has 0 aromatic rings. The maximum atomic E-state index is 10.9. The zero-order chi connectivity index (χ0) is 12.6. The minimum absolute atomic E-state index is 0.209. The van der Waals surface area contributed by atoms with Crippen LogP contribution in [0, 0.1) is 0 Å². The van der Waals surface area contributed by atoms with Gasteiger partial charge in [0.05, 0.1) is 5.75 Å². The van der Waals surface area contributed by atoms with Crippen molar-refractivity contribution in [3.63, 3.8) is 0 Å². The van der Waals surface area contributed by atoms with Gasteiger partial charge < -0.3 is 10.6 Å². The van der Waals surface area contributed by atoms with E-state index in [0.717, 1.165) is 12.4 Å². The molecule has 0 aliphatic heterocycles. The van der Waals surface area contributed by atoms with Gasteiger partial charge in [0.2, 0.25) is 0 Å². The summed E-state index contributed by atoms with van der Waals surface area (Å²) < 4.78 is 21.8. The second-order valence-corrected chi connectivity index (χ2v) is 6.20. The van der Waals surface area contributed by atoms with E-state index in [-0.39, 0.29) is 5.75 Å². The molecule has 2 N–H and O–H groups in total. The molecular weight excluding hydrogens is 226 g/mol. The van der Waals surface area contributed by atoms with E-state index < -0.39 is 9.84 Å². The summed E-state index contributed by atoms with van der Waals surface area (Å²) >= 11 is 0. The Bertz CT molecular complexity index is 312. The number of rotatable bonds is 6. The van der Waals surface area contributed by atoms with E-state index in [1.54, 1.807) is 7.05 Å². The molecule has 0 radical (unpaired) electrons. The van der Waals surface area contributed by atoms with Crippen LogP contribution in [0.25, 0.3) is 0 Å². The van der Waals surface area contributed by atoms with E-state index in [9.17, 15) is 8.42 Å². The average molecular weight is 249 g/mol. The lowest BCUT2D eigenvalue weighted by molar-refractivity contribution is 0.596. The van der Waals surface area contributed by atoms with Crippen molar-refractivity contribution in [2.45, 2.75) is 32.7 Å². The highest BCUT2D eigenvalue weighted by Crippen LogP contribution is 1.89. The van der Waals surface area contributed by atoms with Gasteiger partial charge in [-0.1, -0.05) is 6.92 Å².